The van der Waals surface area contributed by atoms with Crippen molar-refractivity contribution in [2.24, 2.45) is 5.73 Å². The molecule has 0 amide bonds. The summed E-state index contributed by atoms with van der Waals surface area (Å²) in [5.41, 5.74) is 7.45. The molecule has 0 radical (unpaired) electrons. The van der Waals surface area contributed by atoms with Gasteiger partial charge in [0.15, 0.2) is 0 Å². The van der Waals surface area contributed by atoms with Gasteiger partial charge in [-0.15, -0.1) is 10.2 Å². The smallest absolute Gasteiger partial charge is 0.249 e. The molecule has 2 N–H and O–H groups in total. The van der Waals surface area contributed by atoms with Crippen LogP contribution in [-0.4, -0.2) is 10.2 Å². The Balaban J connectivity index is 1.95. The highest BCUT2D eigenvalue weighted by molar-refractivity contribution is 9.10. The fraction of sp³-hybridized carbons (Fsp3) is 0.0667. The van der Waals surface area contributed by atoms with Crippen molar-refractivity contribution in [3.05, 3.63) is 70.3 Å². The van der Waals surface area contributed by atoms with Crippen LogP contribution in [0.1, 0.15) is 17.5 Å². The van der Waals surface area contributed by atoms with Crippen LogP contribution in [0.2, 0.25) is 0 Å². The molecule has 6 heteroatoms. The first-order valence-corrected chi connectivity index (χ1v) is 7.04. The molecule has 0 aliphatic carbocycles. The predicted octanol–water partition coefficient (Wildman–Crippen LogP) is 3.69. The van der Waals surface area contributed by atoms with Crippen LogP contribution in [0.4, 0.5) is 4.39 Å². The minimum Gasteiger partial charge on any atom is -0.419 e. The van der Waals surface area contributed by atoms with Crippen LogP contribution in [-0.2, 0) is 0 Å². The number of rotatable bonds is 3. The largest absolute Gasteiger partial charge is 0.419 e. The number of hydrogen-bond donors (Lipinski definition) is 1. The summed E-state index contributed by atoms with van der Waals surface area (Å²) in [6.07, 6.45) is 0. The molecule has 0 fully saturated rings. The summed E-state index contributed by atoms with van der Waals surface area (Å²) in [7, 11) is 0. The molecule has 0 aliphatic rings. The van der Waals surface area contributed by atoms with Gasteiger partial charge in [0.05, 0.1) is 10.0 Å². The molecule has 21 heavy (non-hydrogen) atoms. The van der Waals surface area contributed by atoms with Crippen LogP contribution in [0.25, 0.3) is 11.5 Å². The second-order valence-corrected chi connectivity index (χ2v) is 5.23. The number of nitrogens with two attached hydrogens (primary N) is 1. The van der Waals surface area contributed by atoms with Crippen molar-refractivity contribution in [3.8, 4) is 11.5 Å². The minimum absolute atomic E-state index is 0.225. The van der Waals surface area contributed by atoms with E-state index < -0.39 is 6.04 Å². The van der Waals surface area contributed by atoms with E-state index in [0.717, 1.165) is 5.56 Å². The van der Waals surface area contributed by atoms with Crippen LogP contribution < -0.4 is 5.73 Å². The fourth-order valence-electron chi connectivity index (χ4n) is 1.94. The summed E-state index contributed by atoms with van der Waals surface area (Å²) in [6.45, 7) is 0. The van der Waals surface area contributed by atoms with Crippen molar-refractivity contribution in [1.29, 1.82) is 0 Å². The zero-order chi connectivity index (χ0) is 14.8. The minimum atomic E-state index is -0.514. The molecule has 0 saturated carbocycles. The van der Waals surface area contributed by atoms with E-state index in [9.17, 15) is 4.39 Å². The van der Waals surface area contributed by atoms with E-state index in [2.05, 4.69) is 26.1 Å². The van der Waals surface area contributed by atoms with Crippen molar-refractivity contribution in [2.45, 2.75) is 6.04 Å². The van der Waals surface area contributed by atoms with Crippen molar-refractivity contribution in [1.82, 2.24) is 10.2 Å². The SMILES string of the molecule is NC(c1ccccc1)c1nnc(-c2cccc(F)c2Br)o1. The zero-order valence-electron chi connectivity index (χ0n) is 10.8. The van der Waals surface area contributed by atoms with E-state index in [0.29, 0.717) is 5.56 Å². The lowest BCUT2D eigenvalue weighted by molar-refractivity contribution is 0.483. The Kier molecular flexibility index (Phi) is 3.81. The van der Waals surface area contributed by atoms with Crippen LogP contribution in [0.5, 0.6) is 0 Å². The van der Waals surface area contributed by atoms with Gasteiger partial charge >= 0.3 is 0 Å². The number of nitrogens with zero attached hydrogens (tertiary/aromatic N) is 2. The Morgan fingerprint density at radius 1 is 1.05 bits per heavy atom. The molecule has 106 valence electrons. The van der Waals surface area contributed by atoms with Gasteiger partial charge in [0.1, 0.15) is 11.9 Å². The molecule has 1 atom stereocenters. The lowest BCUT2D eigenvalue weighted by Crippen LogP contribution is -2.11. The molecule has 0 aliphatic heterocycles. The topological polar surface area (TPSA) is 64.9 Å². The molecule has 0 spiro atoms. The van der Waals surface area contributed by atoms with E-state index in [4.69, 9.17) is 10.2 Å². The fourth-order valence-corrected chi connectivity index (χ4v) is 2.37. The molecule has 2 aromatic carbocycles. The second kappa shape index (κ2) is 5.75. The highest BCUT2D eigenvalue weighted by Gasteiger charge is 2.19. The van der Waals surface area contributed by atoms with Gasteiger partial charge in [0, 0.05) is 0 Å². The van der Waals surface area contributed by atoms with Gasteiger partial charge in [-0.25, -0.2) is 4.39 Å². The second-order valence-electron chi connectivity index (χ2n) is 4.44. The Morgan fingerprint density at radius 2 is 1.81 bits per heavy atom. The van der Waals surface area contributed by atoms with Crippen LogP contribution in [0, 0.1) is 5.82 Å². The van der Waals surface area contributed by atoms with Gasteiger partial charge in [-0.05, 0) is 33.6 Å². The number of benzene rings is 2. The van der Waals surface area contributed by atoms with Gasteiger partial charge in [0.2, 0.25) is 11.8 Å². The average molecular weight is 348 g/mol. The lowest BCUT2D eigenvalue weighted by atomic mass is 10.1. The molecule has 1 unspecified atom stereocenters. The van der Waals surface area contributed by atoms with Crippen molar-refractivity contribution >= 4 is 15.9 Å². The molecule has 1 aromatic heterocycles. The lowest BCUT2D eigenvalue weighted by Gasteiger charge is -2.06. The number of aromatic nitrogens is 2. The summed E-state index contributed by atoms with van der Waals surface area (Å²) < 4.78 is 19.4. The maximum atomic E-state index is 13.5. The first kappa shape index (κ1) is 13.9. The summed E-state index contributed by atoms with van der Waals surface area (Å²) in [4.78, 5) is 0. The molecular formula is C15H11BrFN3O. The number of halogens is 2. The summed E-state index contributed by atoms with van der Waals surface area (Å²) in [5, 5.41) is 7.90. The Morgan fingerprint density at radius 3 is 2.57 bits per heavy atom. The molecule has 3 aromatic rings. The quantitative estimate of drug-likeness (QED) is 0.784. The van der Waals surface area contributed by atoms with Gasteiger partial charge in [-0.1, -0.05) is 36.4 Å². The maximum absolute atomic E-state index is 13.5. The summed E-state index contributed by atoms with van der Waals surface area (Å²) in [5.74, 6) is 0.120. The summed E-state index contributed by atoms with van der Waals surface area (Å²) in [6, 6.07) is 13.5. The zero-order valence-corrected chi connectivity index (χ0v) is 12.4. The van der Waals surface area contributed by atoms with Crippen molar-refractivity contribution in [3.63, 3.8) is 0 Å². The van der Waals surface area contributed by atoms with E-state index >= 15 is 0 Å². The summed E-state index contributed by atoms with van der Waals surface area (Å²) >= 11 is 3.17. The third-order valence-corrected chi connectivity index (χ3v) is 3.85. The van der Waals surface area contributed by atoms with E-state index in [1.54, 1.807) is 12.1 Å². The van der Waals surface area contributed by atoms with E-state index in [1.807, 2.05) is 30.3 Å². The van der Waals surface area contributed by atoms with Gasteiger partial charge in [-0.2, -0.15) is 0 Å². The van der Waals surface area contributed by atoms with Crippen molar-refractivity contribution in [2.75, 3.05) is 0 Å². The first-order valence-electron chi connectivity index (χ1n) is 6.25. The third kappa shape index (κ3) is 2.72. The molecular weight excluding hydrogens is 337 g/mol. The first-order chi connectivity index (χ1) is 10.2. The Labute approximate surface area is 128 Å². The van der Waals surface area contributed by atoms with Gasteiger partial charge in [-0.3, -0.25) is 0 Å². The van der Waals surface area contributed by atoms with Crippen LogP contribution in [0.3, 0.4) is 0 Å². The maximum Gasteiger partial charge on any atom is 0.249 e. The average Bonchev–Trinajstić information content (AvgIpc) is 3.00. The van der Waals surface area contributed by atoms with Crippen molar-refractivity contribution < 1.29 is 8.81 Å². The monoisotopic (exact) mass is 347 g/mol. The normalized spacial score (nSPS) is 12.3. The van der Waals surface area contributed by atoms with E-state index in [-0.39, 0.29) is 22.1 Å². The van der Waals surface area contributed by atoms with E-state index in [1.165, 1.54) is 6.07 Å². The standard InChI is InChI=1S/C15H11BrFN3O/c16-12-10(7-4-8-11(12)17)14-19-20-15(21-14)13(18)9-5-2-1-3-6-9/h1-8,13H,18H2. The van der Waals surface area contributed by atoms with Crippen LogP contribution in [0.15, 0.2) is 57.4 Å². The molecule has 0 bridgehead atoms. The molecule has 1 heterocycles. The third-order valence-electron chi connectivity index (χ3n) is 3.05. The Bertz CT molecular complexity index is 761. The number of hydrogen-bond acceptors (Lipinski definition) is 4. The Hall–Kier alpha value is -2.05. The molecule has 0 saturated heterocycles. The highest BCUT2D eigenvalue weighted by Crippen LogP contribution is 2.30. The van der Waals surface area contributed by atoms with Gasteiger partial charge < -0.3 is 10.2 Å². The van der Waals surface area contributed by atoms with Gasteiger partial charge in [0.25, 0.3) is 0 Å². The molecule has 4 nitrogen and oxygen atoms in total. The molecule has 3 rings (SSSR count). The highest BCUT2D eigenvalue weighted by atomic mass is 79.9. The van der Waals surface area contributed by atoms with Crippen LogP contribution >= 0.6 is 15.9 Å². The predicted molar refractivity (Wildman–Crippen MR) is 79.9 cm³/mol.